The SMILES string of the molecule is CCN1CCN(CC(O)COc2cccc(C)c2)CC1.Cl.Cl. The van der Waals surface area contributed by atoms with Gasteiger partial charge in [-0.15, -0.1) is 24.8 Å². The van der Waals surface area contributed by atoms with Crippen molar-refractivity contribution in [2.75, 3.05) is 45.9 Å². The summed E-state index contributed by atoms with van der Waals surface area (Å²) < 4.78 is 5.65. The van der Waals surface area contributed by atoms with Gasteiger partial charge in [-0.3, -0.25) is 4.90 Å². The highest BCUT2D eigenvalue weighted by Crippen LogP contribution is 2.12. The average molecular weight is 351 g/mol. The van der Waals surface area contributed by atoms with E-state index in [9.17, 15) is 5.11 Å². The van der Waals surface area contributed by atoms with Crippen LogP contribution in [0.3, 0.4) is 0 Å². The lowest BCUT2D eigenvalue weighted by atomic mass is 10.2. The second kappa shape index (κ2) is 11.1. The molecule has 1 heterocycles. The number of aliphatic hydroxyl groups is 1. The molecule has 22 heavy (non-hydrogen) atoms. The molecular formula is C16H28Cl2N2O2. The molecule has 1 aliphatic heterocycles. The molecule has 1 aromatic rings. The van der Waals surface area contributed by atoms with E-state index in [-0.39, 0.29) is 24.8 Å². The molecule has 1 N–H and O–H groups in total. The van der Waals surface area contributed by atoms with E-state index in [0.717, 1.165) is 38.5 Å². The van der Waals surface area contributed by atoms with Gasteiger partial charge < -0.3 is 14.7 Å². The van der Waals surface area contributed by atoms with Gasteiger partial charge in [0.2, 0.25) is 0 Å². The summed E-state index contributed by atoms with van der Waals surface area (Å²) in [5, 5.41) is 10.1. The first-order chi connectivity index (χ1) is 9.67. The lowest BCUT2D eigenvalue weighted by molar-refractivity contribution is 0.0471. The zero-order valence-corrected chi connectivity index (χ0v) is 15.0. The average Bonchev–Trinajstić information content (AvgIpc) is 2.46. The van der Waals surface area contributed by atoms with Gasteiger partial charge in [0, 0.05) is 32.7 Å². The number of ether oxygens (including phenoxy) is 1. The molecule has 2 rings (SSSR count). The van der Waals surface area contributed by atoms with Gasteiger partial charge in [0.25, 0.3) is 0 Å². The van der Waals surface area contributed by atoms with Gasteiger partial charge in [-0.1, -0.05) is 19.1 Å². The molecule has 1 aliphatic rings. The Kier molecular flexibility index (Phi) is 10.8. The molecule has 0 aromatic heterocycles. The van der Waals surface area contributed by atoms with E-state index in [1.54, 1.807) is 0 Å². The van der Waals surface area contributed by atoms with Crippen molar-refractivity contribution >= 4 is 24.8 Å². The summed E-state index contributed by atoms with van der Waals surface area (Å²) in [6, 6.07) is 7.93. The van der Waals surface area contributed by atoms with Gasteiger partial charge >= 0.3 is 0 Å². The Labute approximate surface area is 146 Å². The fraction of sp³-hybridized carbons (Fsp3) is 0.625. The summed E-state index contributed by atoms with van der Waals surface area (Å²) in [5.74, 6) is 0.833. The van der Waals surface area contributed by atoms with E-state index in [2.05, 4.69) is 16.7 Å². The number of likely N-dealkylation sites (N-methyl/N-ethyl adjacent to an activating group) is 1. The number of hydrogen-bond acceptors (Lipinski definition) is 4. The van der Waals surface area contributed by atoms with E-state index < -0.39 is 6.10 Å². The summed E-state index contributed by atoms with van der Waals surface area (Å²) in [6.45, 7) is 10.7. The smallest absolute Gasteiger partial charge is 0.119 e. The van der Waals surface area contributed by atoms with E-state index in [1.165, 1.54) is 5.56 Å². The number of aryl methyl sites for hydroxylation is 1. The third kappa shape index (κ3) is 7.16. The molecule has 1 unspecified atom stereocenters. The highest BCUT2D eigenvalue weighted by atomic mass is 35.5. The number of β-amino-alcohol motifs (C(OH)–C–C–N with tert-alkyl or cyclic N) is 1. The van der Waals surface area contributed by atoms with E-state index in [0.29, 0.717) is 13.2 Å². The van der Waals surface area contributed by atoms with Gasteiger partial charge in [-0.2, -0.15) is 0 Å². The van der Waals surface area contributed by atoms with Crippen LogP contribution in [-0.2, 0) is 0 Å². The Morgan fingerprint density at radius 2 is 1.77 bits per heavy atom. The van der Waals surface area contributed by atoms with Crippen LogP contribution in [0, 0.1) is 6.92 Å². The Balaban J connectivity index is 0.00000220. The maximum atomic E-state index is 10.1. The fourth-order valence-corrected chi connectivity index (χ4v) is 2.54. The normalized spacial score (nSPS) is 17.2. The Hall–Kier alpha value is -0.520. The Bertz CT molecular complexity index is 413. The van der Waals surface area contributed by atoms with Crippen molar-refractivity contribution in [3.05, 3.63) is 29.8 Å². The summed E-state index contributed by atoms with van der Waals surface area (Å²) in [6.07, 6.45) is -0.427. The monoisotopic (exact) mass is 350 g/mol. The zero-order valence-electron chi connectivity index (χ0n) is 13.4. The van der Waals surface area contributed by atoms with Crippen molar-refractivity contribution in [3.8, 4) is 5.75 Å². The number of rotatable bonds is 6. The van der Waals surface area contributed by atoms with Crippen LogP contribution in [0.4, 0.5) is 0 Å². The third-order valence-electron chi connectivity index (χ3n) is 3.81. The molecule has 0 spiro atoms. The number of benzene rings is 1. The standard InChI is InChI=1S/C16H26N2O2.2ClH/c1-3-17-7-9-18(10-8-17)12-15(19)13-20-16-6-4-5-14(2)11-16;;/h4-6,11,15,19H,3,7-10,12-13H2,1-2H3;2*1H. The largest absolute Gasteiger partial charge is 0.491 e. The van der Waals surface area contributed by atoms with Crippen molar-refractivity contribution in [1.29, 1.82) is 0 Å². The van der Waals surface area contributed by atoms with Crippen LogP contribution in [0.15, 0.2) is 24.3 Å². The molecule has 128 valence electrons. The molecular weight excluding hydrogens is 323 g/mol. The first-order valence-electron chi connectivity index (χ1n) is 7.49. The molecule has 1 atom stereocenters. The Morgan fingerprint density at radius 1 is 1.14 bits per heavy atom. The second-order valence-electron chi connectivity index (χ2n) is 5.52. The first-order valence-corrected chi connectivity index (χ1v) is 7.49. The van der Waals surface area contributed by atoms with Gasteiger partial charge in [0.05, 0.1) is 0 Å². The zero-order chi connectivity index (χ0) is 14.4. The van der Waals surface area contributed by atoms with Crippen molar-refractivity contribution < 1.29 is 9.84 Å². The minimum atomic E-state index is -0.427. The van der Waals surface area contributed by atoms with Crippen LogP contribution >= 0.6 is 24.8 Å². The van der Waals surface area contributed by atoms with Crippen molar-refractivity contribution in [1.82, 2.24) is 9.80 Å². The molecule has 0 saturated carbocycles. The predicted molar refractivity (Wildman–Crippen MR) is 95.7 cm³/mol. The lowest BCUT2D eigenvalue weighted by Crippen LogP contribution is -2.49. The number of halogens is 2. The van der Waals surface area contributed by atoms with Crippen molar-refractivity contribution in [2.45, 2.75) is 20.0 Å². The number of aliphatic hydroxyl groups excluding tert-OH is 1. The van der Waals surface area contributed by atoms with Crippen LogP contribution < -0.4 is 4.74 Å². The minimum absolute atomic E-state index is 0. The first kappa shape index (κ1) is 21.5. The van der Waals surface area contributed by atoms with Crippen molar-refractivity contribution in [3.63, 3.8) is 0 Å². The number of nitrogens with zero attached hydrogens (tertiary/aromatic N) is 2. The predicted octanol–water partition coefficient (Wildman–Crippen LogP) is 2.22. The van der Waals surface area contributed by atoms with Crippen LogP contribution in [0.25, 0.3) is 0 Å². The molecule has 1 saturated heterocycles. The van der Waals surface area contributed by atoms with Gasteiger partial charge in [0.1, 0.15) is 18.5 Å². The molecule has 1 aromatic carbocycles. The second-order valence-corrected chi connectivity index (χ2v) is 5.52. The number of piperazine rings is 1. The van der Waals surface area contributed by atoms with Gasteiger partial charge in [-0.05, 0) is 31.2 Å². The van der Waals surface area contributed by atoms with Crippen LogP contribution in [0.5, 0.6) is 5.75 Å². The van der Waals surface area contributed by atoms with Crippen molar-refractivity contribution in [2.24, 2.45) is 0 Å². The third-order valence-corrected chi connectivity index (χ3v) is 3.81. The highest BCUT2D eigenvalue weighted by molar-refractivity contribution is 5.85. The molecule has 6 heteroatoms. The summed E-state index contributed by atoms with van der Waals surface area (Å²) in [5.41, 5.74) is 1.17. The molecule has 0 aliphatic carbocycles. The topological polar surface area (TPSA) is 35.9 Å². The van der Waals surface area contributed by atoms with E-state index in [4.69, 9.17) is 4.74 Å². The van der Waals surface area contributed by atoms with Crippen LogP contribution in [0.2, 0.25) is 0 Å². The van der Waals surface area contributed by atoms with E-state index >= 15 is 0 Å². The van der Waals surface area contributed by atoms with Crippen LogP contribution in [0.1, 0.15) is 12.5 Å². The fourth-order valence-electron chi connectivity index (χ4n) is 2.54. The Morgan fingerprint density at radius 3 is 2.36 bits per heavy atom. The summed E-state index contributed by atoms with van der Waals surface area (Å²) in [7, 11) is 0. The minimum Gasteiger partial charge on any atom is -0.491 e. The highest BCUT2D eigenvalue weighted by Gasteiger charge is 2.18. The van der Waals surface area contributed by atoms with Crippen LogP contribution in [-0.4, -0.2) is 66.9 Å². The molecule has 0 bridgehead atoms. The maximum Gasteiger partial charge on any atom is 0.119 e. The van der Waals surface area contributed by atoms with Gasteiger partial charge in [0.15, 0.2) is 0 Å². The molecule has 0 radical (unpaired) electrons. The summed E-state index contributed by atoms with van der Waals surface area (Å²) in [4.78, 5) is 4.75. The molecule has 0 amide bonds. The molecule has 1 fully saturated rings. The quantitative estimate of drug-likeness (QED) is 0.853. The van der Waals surface area contributed by atoms with Gasteiger partial charge in [-0.25, -0.2) is 0 Å². The molecule has 4 nitrogen and oxygen atoms in total. The summed E-state index contributed by atoms with van der Waals surface area (Å²) >= 11 is 0. The van der Waals surface area contributed by atoms with E-state index in [1.807, 2.05) is 31.2 Å². The maximum absolute atomic E-state index is 10.1. The number of hydrogen-bond donors (Lipinski definition) is 1. The lowest BCUT2D eigenvalue weighted by Gasteiger charge is -2.34.